The van der Waals surface area contributed by atoms with Crippen molar-refractivity contribution < 1.29 is 4.79 Å². The summed E-state index contributed by atoms with van der Waals surface area (Å²) in [5.41, 5.74) is 0. The Morgan fingerprint density at radius 2 is 2.11 bits per heavy atom. The maximum atomic E-state index is 12.5. The molecule has 0 aromatic carbocycles. The summed E-state index contributed by atoms with van der Waals surface area (Å²) in [6, 6.07) is 1.37. The molecule has 3 unspecified atom stereocenters. The minimum absolute atomic E-state index is 0.0608. The Morgan fingerprint density at radius 3 is 2.89 bits per heavy atom. The molecule has 18 heavy (non-hydrogen) atoms. The predicted molar refractivity (Wildman–Crippen MR) is 74.9 cm³/mol. The van der Waals surface area contributed by atoms with E-state index in [9.17, 15) is 4.79 Å². The Morgan fingerprint density at radius 1 is 1.28 bits per heavy atom. The number of likely N-dealkylation sites (tertiary alicyclic amines) is 1. The molecule has 102 valence electrons. The van der Waals surface area contributed by atoms with Gasteiger partial charge in [0.15, 0.2) is 0 Å². The summed E-state index contributed by atoms with van der Waals surface area (Å²) in [5.74, 6) is 2.42. The first-order chi connectivity index (χ1) is 8.75. The number of carbonyl (C=O) groups is 1. The highest BCUT2D eigenvalue weighted by atomic mass is 32.2. The van der Waals surface area contributed by atoms with E-state index in [-0.39, 0.29) is 6.04 Å². The van der Waals surface area contributed by atoms with Crippen LogP contribution in [0.25, 0.3) is 0 Å². The van der Waals surface area contributed by atoms with Gasteiger partial charge in [-0.2, -0.15) is 11.8 Å². The van der Waals surface area contributed by atoms with Crippen LogP contribution in [0.15, 0.2) is 0 Å². The van der Waals surface area contributed by atoms with Gasteiger partial charge in [-0.25, -0.2) is 0 Å². The zero-order valence-electron chi connectivity index (χ0n) is 11.1. The Bertz CT molecular complexity index is 319. The summed E-state index contributed by atoms with van der Waals surface area (Å²) in [6.45, 7) is 2.86. The summed E-state index contributed by atoms with van der Waals surface area (Å²) in [6.07, 6.45) is 3.73. The molecule has 1 N–H and O–H groups in total. The van der Waals surface area contributed by atoms with E-state index in [2.05, 4.69) is 22.2 Å². The summed E-state index contributed by atoms with van der Waals surface area (Å²) < 4.78 is 0. The monoisotopic (exact) mass is 269 g/mol. The third-order valence-corrected chi connectivity index (χ3v) is 5.74. The topological polar surface area (TPSA) is 35.6 Å². The van der Waals surface area contributed by atoms with Gasteiger partial charge in [-0.3, -0.25) is 9.69 Å². The van der Waals surface area contributed by atoms with E-state index in [1.165, 1.54) is 12.8 Å². The summed E-state index contributed by atoms with van der Waals surface area (Å²) in [4.78, 5) is 17.1. The number of nitrogens with one attached hydrogen (secondary N) is 1. The van der Waals surface area contributed by atoms with Crippen molar-refractivity contribution in [1.82, 2.24) is 15.1 Å². The molecule has 1 amide bonds. The van der Waals surface area contributed by atoms with Crippen LogP contribution in [0, 0.1) is 0 Å². The molecular weight excluding hydrogens is 246 g/mol. The number of amides is 1. The molecule has 3 fully saturated rings. The lowest BCUT2D eigenvalue weighted by molar-refractivity contribution is -0.133. The Kier molecular flexibility index (Phi) is 3.82. The zero-order chi connectivity index (χ0) is 12.5. The third-order valence-electron chi connectivity index (χ3n) is 4.68. The van der Waals surface area contributed by atoms with Gasteiger partial charge in [0.2, 0.25) is 5.91 Å². The van der Waals surface area contributed by atoms with E-state index < -0.39 is 0 Å². The van der Waals surface area contributed by atoms with Crippen molar-refractivity contribution in [3.8, 4) is 0 Å². The highest BCUT2D eigenvalue weighted by Gasteiger charge is 2.37. The van der Waals surface area contributed by atoms with Crippen LogP contribution in [0.5, 0.6) is 0 Å². The van der Waals surface area contributed by atoms with Crippen molar-refractivity contribution in [2.45, 2.75) is 37.4 Å². The second-order valence-electron chi connectivity index (χ2n) is 5.71. The van der Waals surface area contributed by atoms with Crippen LogP contribution in [0.4, 0.5) is 0 Å². The number of hydrogen-bond donors (Lipinski definition) is 1. The lowest BCUT2D eigenvalue weighted by Crippen LogP contribution is -2.52. The second kappa shape index (κ2) is 5.39. The van der Waals surface area contributed by atoms with E-state index in [1.54, 1.807) is 0 Å². The van der Waals surface area contributed by atoms with E-state index in [0.717, 1.165) is 37.6 Å². The fourth-order valence-corrected chi connectivity index (χ4v) is 4.38. The molecular formula is C13H23N3OS. The van der Waals surface area contributed by atoms with Crippen LogP contribution in [-0.2, 0) is 4.79 Å². The van der Waals surface area contributed by atoms with Crippen LogP contribution in [0.3, 0.4) is 0 Å². The maximum absolute atomic E-state index is 12.5. The van der Waals surface area contributed by atoms with Gasteiger partial charge in [0.05, 0.1) is 6.04 Å². The van der Waals surface area contributed by atoms with E-state index in [4.69, 9.17) is 0 Å². The number of fused-ring (bicyclic) bond motifs is 2. The maximum Gasteiger partial charge on any atom is 0.240 e. The predicted octanol–water partition coefficient (Wildman–Crippen LogP) is 0.387. The zero-order valence-corrected chi connectivity index (χ0v) is 11.9. The van der Waals surface area contributed by atoms with Gasteiger partial charge in [-0.1, -0.05) is 0 Å². The molecule has 3 aliphatic heterocycles. The Hall–Kier alpha value is -0.260. The summed E-state index contributed by atoms with van der Waals surface area (Å²) in [5, 5.41) is 3.37. The minimum atomic E-state index is 0.0608. The highest BCUT2D eigenvalue weighted by molar-refractivity contribution is 7.99. The van der Waals surface area contributed by atoms with Crippen LogP contribution < -0.4 is 5.32 Å². The van der Waals surface area contributed by atoms with Crippen molar-refractivity contribution in [1.29, 1.82) is 0 Å². The van der Waals surface area contributed by atoms with E-state index in [0.29, 0.717) is 18.0 Å². The number of hydrogen-bond acceptors (Lipinski definition) is 4. The van der Waals surface area contributed by atoms with Gasteiger partial charge >= 0.3 is 0 Å². The first kappa shape index (κ1) is 12.8. The Labute approximate surface area is 113 Å². The molecule has 0 aromatic heterocycles. The van der Waals surface area contributed by atoms with Crippen LogP contribution in [0.1, 0.15) is 19.3 Å². The van der Waals surface area contributed by atoms with Crippen molar-refractivity contribution in [2.24, 2.45) is 0 Å². The quantitative estimate of drug-likeness (QED) is 0.747. The minimum Gasteiger partial charge on any atom is -0.340 e. The average molecular weight is 269 g/mol. The average Bonchev–Trinajstić information content (AvgIpc) is 2.64. The van der Waals surface area contributed by atoms with Crippen molar-refractivity contribution in [2.75, 3.05) is 38.2 Å². The molecule has 0 radical (unpaired) electrons. The van der Waals surface area contributed by atoms with Gasteiger partial charge in [0, 0.05) is 43.2 Å². The third kappa shape index (κ3) is 2.40. The molecule has 5 heteroatoms. The van der Waals surface area contributed by atoms with Gasteiger partial charge in [0.25, 0.3) is 0 Å². The second-order valence-corrected chi connectivity index (χ2v) is 6.85. The molecule has 0 aromatic rings. The molecule has 0 spiro atoms. The number of rotatable bonds is 1. The van der Waals surface area contributed by atoms with Crippen molar-refractivity contribution in [3.63, 3.8) is 0 Å². The van der Waals surface area contributed by atoms with Gasteiger partial charge < -0.3 is 10.2 Å². The normalized spacial score (nSPS) is 37.6. The first-order valence-corrected chi connectivity index (χ1v) is 8.23. The Balaban J connectivity index is 1.63. The molecule has 3 atom stereocenters. The smallest absolute Gasteiger partial charge is 0.240 e. The van der Waals surface area contributed by atoms with Crippen LogP contribution >= 0.6 is 11.8 Å². The largest absolute Gasteiger partial charge is 0.340 e. The number of nitrogens with zero attached hydrogens (tertiary/aromatic N) is 2. The van der Waals surface area contributed by atoms with Crippen molar-refractivity contribution >= 4 is 17.7 Å². The molecule has 3 rings (SSSR count). The van der Waals surface area contributed by atoms with Crippen LogP contribution in [-0.4, -0.2) is 72.0 Å². The first-order valence-electron chi connectivity index (χ1n) is 7.07. The van der Waals surface area contributed by atoms with E-state index in [1.807, 2.05) is 11.8 Å². The number of thioether (sulfide) groups is 1. The van der Waals surface area contributed by atoms with Gasteiger partial charge in [-0.15, -0.1) is 0 Å². The SMILES string of the molecule is CN1C2CCC1CN(C(=O)C1CSCCN1)CC2. The summed E-state index contributed by atoms with van der Waals surface area (Å²) in [7, 11) is 2.23. The molecule has 4 nitrogen and oxygen atoms in total. The number of likely N-dealkylation sites (N-methyl/N-ethyl adjacent to an activating group) is 1. The standard InChI is InChI=1S/C13H23N3OS/c1-15-10-2-3-11(15)8-16(6-4-10)13(17)12-9-18-7-5-14-12/h10-12,14H,2-9H2,1H3. The fourth-order valence-electron chi connectivity index (χ4n) is 3.45. The van der Waals surface area contributed by atoms with Gasteiger partial charge in [0.1, 0.15) is 0 Å². The molecule has 0 saturated carbocycles. The highest BCUT2D eigenvalue weighted by Crippen LogP contribution is 2.28. The molecule has 3 heterocycles. The van der Waals surface area contributed by atoms with Crippen LogP contribution in [0.2, 0.25) is 0 Å². The molecule has 2 bridgehead atoms. The molecule has 0 aliphatic carbocycles. The van der Waals surface area contributed by atoms with Gasteiger partial charge in [-0.05, 0) is 26.3 Å². The molecule has 3 saturated heterocycles. The lowest BCUT2D eigenvalue weighted by atomic mass is 10.1. The lowest BCUT2D eigenvalue weighted by Gasteiger charge is -2.31. The number of carbonyl (C=O) groups excluding carboxylic acids is 1. The molecule has 3 aliphatic rings. The summed E-state index contributed by atoms with van der Waals surface area (Å²) >= 11 is 1.90. The fraction of sp³-hybridized carbons (Fsp3) is 0.923. The van der Waals surface area contributed by atoms with E-state index >= 15 is 0 Å². The van der Waals surface area contributed by atoms with Crippen molar-refractivity contribution in [3.05, 3.63) is 0 Å².